The van der Waals surface area contributed by atoms with Gasteiger partial charge in [-0.3, -0.25) is 0 Å². The lowest BCUT2D eigenvalue weighted by molar-refractivity contribution is 0.463. The van der Waals surface area contributed by atoms with Gasteiger partial charge in [0.1, 0.15) is 0 Å². The van der Waals surface area contributed by atoms with Gasteiger partial charge < -0.3 is 5.73 Å². The predicted molar refractivity (Wildman–Crippen MR) is 40.4 cm³/mol. The number of rotatable bonds is 1. The molecule has 4 fully saturated rings. The molecule has 10 heavy (non-hydrogen) atoms. The molecule has 1 heteroatoms. The van der Waals surface area contributed by atoms with Gasteiger partial charge >= 0.3 is 0 Å². The van der Waals surface area contributed by atoms with E-state index in [1.54, 1.807) is 0 Å². The first-order valence-corrected chi connectivity index (χ1v) is 4.55. The molecule has 4 saturated carbocycles. The Morgan fingerprint density at radius 2 is 2.40 bits per heavy atom. The van der Waals surface area contributed by atoms with Gasteiger partial charge in [-0.05, 0) is 42.4 Å². The van der Waals surface area contributed by atoms with Crippen LogP contribution in [0.3, 0.4) is 0 Å². The summed E-state index contributed by atoms with van der Waals surface area (Å²) in [7, 11) is 0. The van der Waals surface area contributed by atoms with Crippen LogP contribution in [0, 0.1) is 23.2 Å². The molecule has 5 atom stereocenters. The quantitative estimate of drug-likeness (QED) is 0.580. The summed E-state index contributed by atoms with van der Waals surface area (Å²) in [6.07, 6.45) is 4.34. The summed E-state index contributed by atoms with van der Waals surface area (Å²) < 4.78 is 0. The van der Waals surface area contributed by atoms with Gasteiger partial charge in [0.25, 0.3) is 0 Å². The van der Waals surface area contributed by atoms with E-state index in [0.29, 0.717) is 6.04 Å². The number of hydrogen-bond donors (Lipinski definition) is 1. The van der Waals surface area contributed by atoms with Crippen LogP contribution in [0.1, 0.15) is 26.2 Å². The molecule has 0 radical (unpaired) electrons. The molecule has 2 N–H and O–H groups in total. The first-order valence-electron chi connectivity index (χ1n) is 4.55. The molecule has 0 spiro atoms. The highest BCUT2D eigenvalue weighted by Gasteiger charge is 2.76. The fraction of sp³-hybridized carbons (Fsp3) is 1.00. The van der Waals surface area contributed by atoms with Gasteiger partial charge in [-0.2, -0.15) is 0 Å². The Morgan fingerprint density at radius 3 is 2.60 bits per heavy atom. The molecule has 0 aliphatic heterocycles. The van der Waals surface area contributed by atoms with E-state index >= 15 is 0 Å². The SMILES string of the molecule is CC[C@@]12C[C@H]3C[C@H]1[C@H]2[C@@H]3N. The molecule has 1 nitrogen and oxygen atoms in total. The molecule has 4 bridgehead atoms. The molecular formula is C9H15N. The first kappa shape index (κ1) is 5.59. The monoisotopic (exact) mass is 137 g/mol. The summed E-state index contributed by atoms with van der Waals surface area (Å²) in [6, 6.07) is 0.602. The van der Waals surface area contributed by atoms with Gasteiger partial charge in [0.2, 0.25) is 0 Å². The fourth-order valence-electron chi connectivity index (χ4n) is 4.06. The van der Waals surface area contributed by atoms with Gasteiger partial charge in [-0.15, -0.1) is 0 Å². The lowest BCUT2D eigenvalue weighted by atomic mass is 10.0. The second-order valence-corrected chi connectivity index (χ2v) is 4.50. The summed E-state index contributed by atoms with van der Waals surface area (Å²) in [5, 5.41) is 0. The van der Waals surface area contributed by atoms with Crippen molar-refractivity contribution in [2.45, 2.75) is 32.2 Å². The molecular weight excluding hydrogens is 122 g/mol. The largest absolute Gasteiger partial charge is 0.327 e. The highest BCUT2D eigenvalue weighted by atomic mass is 14.9. The van der Waals surface area contributed by atoms with Crippen LogP contribution in [0.2, 0.25) is 0 Å². The van der Waals surface area contributed by atoms with E-state index in [9.17, 15) is 0 Å². The molecule has 0 aromatic carbocycles. The molecule has 4 rings (SSSR count). The van der Waals surface area contributed by atoms with E-state index in [0.717, 1.165) is 23.2 Å². The minimum absolute atomic E-state index is 0.602. The Hall–Kier alpha value is -0.0400. The lowest BCUT2D eigenvalue weighted by Crippen LogP contribution is -2.23. The van der Waals surface area contributed by atoms with Gasteiger partial charge in [0.05, 0.1) is 0 Å². The Kier molecular flexibility index (Phi) is 0.722. The average molecular weight is 137 g/mol. The molecule has 0 unspecified atom stereocenters. The molecule has 0 heterocycles. The maximum atomic E-state index is 6.07. The van der Waals surface area contributed by atoms with Crippen molar-refractivity contribution in [1.82, 2.24) is 0 Å². The molecule has 4 aliphatic rings. The van der Waals surface area contributed by atoms with Crippen LogP contribution in [0.25, 0.3) is 0 Å². The molecule has 0 saturated heterocycles. The maximum absolute atomic E-state index is 6.07. The van der Waals surface area contributed by atoms with Gasteiger partial charge in [0.15, 0.2) is 0 Å². The van der Waals surface area contributed by atoms with Crippen molar-refractivity contribution in [2.24, 2.45) is 28.9 Å². The summed E-state index contributed by atoms with van der Waals surface area (Å²) >= 11 is 0. The Bertz CT molecular complexity index is 189. The second kappa shape index (κ2) is 1.29. The van der Waals surface area contributed by atoms with Crippen molar-refractivity contribution in [3.63, 3.8) is 0 Å². The minimum atomic E-state index is 0.602. The van der Waals surface area contributed by atoms with E-state index in [1.807, 2.05) is 0 Å². The standard InChI is InChI=1S/C9H15N/c1-2-9-4-5-3-6(9)7(9)8(5)10/h5-8H,2-4,10H2,1H3/t5-,6+,7+,8-,9-/m1/s1. The van der Waals surface area contributed by atoms with Crippen LogP contribution in [0.5, 0.6) is 0 Å². The smallest absolute Gasteiger partial charge is 0.0104 e. The molecule has 56 valence electrons. The third-order valence-corrected chi connectivity index (χ3v) is 4.54. The average Bonchev–Trinajstić information content (AvgIpc) is 2.36. The van der Waals surface area contributed by atoms with E-state index in [1.165, 1.54) is 19.3 Å². The van der Waals surface area contributed by atoms with E-state index in [-0.39, 0.29) is 0 Å². The summed E-state index contributed by atoms with van der Waals surface area (Å²) in [5.41, 5.74) is 6.85. The Morgan fingerprint density at radius 1 is 1.60 bits per heavy atom. The number of hydrogen-bond acceptors (Lipinski definition) is 1. The molecule has 0 aromatic heterocycles. The van der Waals surface area contributed by atoms with Crippen LogP contribution in [0.4, 0.5) is 0 Å². The zero-order valence-electron chi connectivity index (χ0n) is 6.51. The van der Waals surface area contributed by atoms with Crippen LogP contribution >= 0.6 is 0 Å². The molecule has 4 aliphatic carbocycles. The summed E-state index contributed by atoms with van der Waals surface area (Å²) in [6.45, 7) is 2.34. The normalized spacial score (nSPS) is 69.0. The number of nitrogens with two attached hydrogens (primary N) is 1. The highest BCUT2D eigenvalue weighted by Crippen LogP contribution is 2.79. The van der Waals surface area contributed by atoms with Crippen LogP contribution in [-0.2, 0) is 0 Å². The maximum Gasteiger partial charge on any atom is 0.0104 e. The topological polar surface area (TPSA) is 26.0 Å². The zero-order chi connectivity index (χ0) is 6.93. The van der Waals surface area contributed by atoms with Crippen molar-refractivity contribution >= 4 is 0 Å². The van der Waals surface area contributed by atoms with Gasteiger partial charge in [-0.25, -0.2) is 0 Å². The fourth-order valence-corrected chi connectivity index (χ4v) is 4.06. The lowest BCUT2D eigenvalue weighted by Gasteiger charge is -2.04. The van der Waals surface area contributed by atoms with Crippen LogP contribution < -0.4 is 5.73 Å². The predicted octanol–water partition coefficient (Wildman–Crippen LogP) is 1.38. The minimum Gasteiger partial charge on any atom is -0.327 e. The Labute approximate surface area is 62.0 Å². The van der Waals surface area contributed by atoms with Gasteiger partial charge in [-0.1, -0.05) is 6.92 Å². The van der Waals surface area contributed by atoms with E-state index in [2.05, 4.69) is 6.92 Å². The van der Waals surface area contributed by atoms with E-state index in [4.69, 9.17) is 5.73 Å². The van der Waals surface area contributed by atoms with Crippen molar-refractivity contribution in [3.05, 3.63) is 0 Å². The van der Waals surface area contributed by atoms with Crippen LogP contribution in [-0.4, -0.2) is 6.04 Å². The van der Waals surface area contributed by atoms with Gasteiger partial charge in [0, 0.05) is 6.04 Å². The van der Waals surface area contributed by atoms with Crippen molar-refractivity contribution in [3.8, 4) is 0 Å². The van der Waals surface area contributed by atoms with Crippen molar-refractivity contribution in [1.29, 1.82) is 0 Å². The zero-order valence-corrected chi connectivity index (χ0v) is 6.51. The molecule has 0 amide bonds. The Balaban J connectivity index is 2.01. The van der Waals surface area contributed by atoms with Crippen molar-refractivity contribution in [2.75, 3.05) is 0 Å². The van der Waals surface area contributed by atoms with E-state index < -0.39 is 0 Å². The summed E-state index contributed by atoms with van der Waals surface area (Å²) in [4.78, 5) is 0. The summed E-state index contributed by atoms with van der Waals surface area (Å²) in [5.74, 6) is 2.95. The molecule has 0 aromatic rings. The second-order valence-electron chi connectivity index (χ2n) is 4.50. The highest BCUT2D eigenvalue weighted by molar-refractivity contribution is 5.26. The third-order valence-electron chi connectivity index (χ3n) is 4.54. The third kappa shape index (κ3) is 0.334. The van der Waals surface area contributed by atoms with Crippen LogP contribution in [0.15, 0.2) is 0 Å². The van der Waals surface area contributed by atoms with Crippen molar-refractivity contribution < 1.29 is 0 Å². The first-order chi connectivity index (χ1) is 4.79.